The molecule has 0 saturated carbocycles. The predicted molar refractivity (Wildman–Crippen MR) is 74.5 cm³/mol. The van der Waals surface area contributed by atoms with Gasteiger partial charge in [0.15, 0.2) is 0 Å². The lowest BCUT2D eigenvalue weighted by molar-refractivity contribution is 0.0981. The third-order valence-electron chi connectivity index (χ3n) is 3.52. The summed E-state index contributed by atoms with van der Waals surface area (Å²) in [5.41, 5.74) is 2.69. The molecule has 0 aliphatic carbocycles. The molecule has 3 nitrogen and oxygen atoms in total. The van der Waals surface area contributed by atoms with Gasteiger partial charge >= 0.3 is 0 Å². The van der Waals surface area contributed by atoms with Gasteiger partial charge in [0, 0.05) is 17.3 Å². The molecule has 1 N–H and O–H groups in total. The van der Waals surface area contributed by atoms with Crippen molar-refractivity contribution in [3.8, 4) is 5.75 Å². The van der Waals surface area contributed by atoms with Crippen LogP contribution in [0.3, 0.4) is 0 Å². The van der Waals surface area contributed by atoms with Gasteiger partial charge in [0.1, 0.15) is 5.75 Å². The molecule has 0 aromatic heterocycles. The number of hydrogen-bond acceptors (Lipinski definition) is 2. The summed E-state index contributed by atoms with van der Waals surface area (Å²) < 4.78 is 0. The Hall–Kier alpha value is -2.29. The first-order valence-corrected chi connectivity index (χ1v) is 6.37. The summed E-state index contributed by atoms with van der Waals surface area (Å²) >= 11 is 0. The van der Waals surface area contributed by atoms with Crippen molar-refractivity contribution in [1.29, 1.82) is 0 Å². The minimum absolute atomic E-state index is 0.0617. The van der Waals surface area contributed by atoms with E-state index in [9.17, 15) is 9.90 Å². The van der Waals surface area contributed by atoms with E-state index in [1.54, 1.807) is 18.2 Å². The first-order valence-electron chi connectivity index (χ1n) is 6.37. The molecule has 1 atom stereocenters. The van der Waals surface area contributed by atoms with E-state index in [4.69, 9.17) is 0 Å². The summed E-state index contributed by atoms with van der Waals surface area (Å²) in [5, 5.41) is 9.50. The third-order valence-corrected chi connectivity index (χ3v) is 3.52. The van der Waals surface area contributed by atoms with Crippen LogP contribution in [0.25, 0.3) is 0 Å². The summed E-state index contributed by atoms with van der Waals surface area (Å²) in [5.74, 6) is 0.0549. The molecule has 3 rings (SSSR count). The second-order valence-electron chi connectivity index (χ2n) is 4.91. The molecular weight excluding hydrogens is 238 g/mol. The zero-order valence-electron chi connectivity index (χ0n) is 10.7. The van der Waals surface area contributed by atoms with E-state index < -0.39 is 0 Å². The number of carbonyl (C=O) groups is 1. The average Bonchev–Trinajstić information content (AvgIpc) is 2.74. The van der Waals surface area contributed by atoms with Crippen LogP contribution in [0.1, 0.15) is 22.8 Å². The molecule has 1 aliphatic heterocycles. The zero-order chi connectivity index (χ0) is 13.4. The van der Waals surface area contributed by atoms with Gasteiger partial charge in [0.2, 0.25) is 0 Å². The fraction of sp³-hybridized carbons (Fsp3) is 0.188. The number of phenolic OH excluding ortho intramolecular Hbond substituents is 1. The summed E-state index contributed by atoms with van der Waals surface area (Å²) in [7, 11) is 0. The number of nitrogens with zero attached hydrogens (tertiary/aromatic N) is 1. The number of phenols is 1. The maximum Gasteiger partial charge on any atom is 0.258 e. The Morgan fingerprint density at radius 2 is 2.00 bits per heavy atom. The van der Waals surface area contributed by atoms with Crippen molar-refractivity contribution in [2.45, 2.75) is 19.4 Å². The SMILES string of the molecule is CC1Cc2ccccc2N1C(=O)c1cccc(O)c1. The number of para-hydroxylation sites is 1. The van der Waals surface area contributed by atoms with E-state index in [1.807, 2.05) is 30.0 Å². The molecule has 96 valence electrons. The van der Waals surface area contributed by atoms with Crippen LogP contribution >= 0.6 is 0 Å². The molecule has 0 bridgehead atoms. The van der Waals surface area contributed by atoms with Crippen LogP contribution in [0.5, 0.6) is 5.75 Å². The highest BCUT2D eigenvalue weighted by Crippen LogP contribution is 2.33. The normalized spacial score (nSPS) is 17.3. The number of rotatable bonds is 1. The number of aromatic hydroxyl groups is 1. The van der Waals surface area contributed by atoms with Crippen LogP contribution in [-0.2, 0) is 6.42 Å². The van der Waals surface area contributed by atoms with Crippen molar-refractivity contribution < 1.29 is 9.90 Å². The smallest absolute Gasteiger partial charge is 0.258 e. The monoisotopic (exact) mass is 253 g/mol. The molecule has 0 saturated heterocycles. The maximum atomic E-state index is 12.6. The van der Waals surface area contributed by atoms with Crippen LogP contribution < -0.4 is 4.90 Å². The Morgan fingerprint density at radius 1 is 1.21 bits per heavy atom. The molecule has 1 amide bonds. The van der Waals surface area contributed by atoms with E-state index in [2.05, 4.69) is 6.07 Å². The number of carbonyl (C=O) groups excluding carboxylic acids is 1. The number of anilines is 1. The Kier molecular flexibility index (Phi) is 2.75. The van der Waals surface area contributed by atoms with Crippen LogP contribution in [-0.4, -0.2) is 17.1 Å². The fourth-order valence-electron chi connectivity index (χ4n) is 2.65. The third kappa shape index (κ3) is 1.97. The highest BCUT2D eigenvalue weighted by atomic mass is 16.3. The molecule has 1 heterocycles. The molecule has 0 fully saturated rings. The van der Waals surface area contributed by atoms with E-state index in [0.29, 0.717) is 5.56 Å². The van der Waals surface area contributed by atoms with E-state index in [1.165, 1.54) is 11.6 Å². The highest BCUT2D eigenvalue weighted by Gasteiger charge is 2.31. The van der Waals surface area contributed by atoms with Gasteiger partial charge < -0.3 is 10.0 Å². The molecule has 0 radical (unpaired) electrons. The van der Waals surface area contributed by atoms with E-state index in [-0.39, 0.29) is 17.7 Å². The minimum atomic E-state index is -0.0617. The van der Waals surface area contributed by atoms with Crippen molar-refractivity contribution in [1.82, 2.24) is 0 Å². The lowest BCUT2D eigenvalue weighted by atomic mass is 10.1. The quantitative estimate of drug-likeness (QED) is 0.848. The van der Waals surface area contributed by atoms with Gasteiger partial charge in [-0.3, -0.25) is 4.79 Å². The Morgan fingerprint density at radius 3 is 2.79 bits per heavy atom. The fourth-order valence-corrected chi connectivity index (χ4v) is 2.65. The van der Waals surface area contributed by atoms with Gasteiger partial charge in [0.25, 0.3) is 5.91 Å². The van der Waals surface area contributed by atoms with Crippen molar-refractivity contribution in [3.63, 3.8) is 0 Å². The number of fused-ring (bicyclic) bond motifs is 1. The van der Waals surface area contributed by atoms with Crippen molar-refractivity contribution in [2.24, 2.45) is 0 Å². The van der Waals surface area contributed by atoms with Crippen molar-refractivity contribution >= 4 is 11.6 Å². The molecular formula is C16H15NO2. The summed E-state index contributed by atoms with van der Waals surface area (Å²) in [6.07, 6.45) is 0.876. The first-order chi connectivity index (χ1) is 9.16. The van der Waals surface area contributed by atoms with Gasteiger partial charge in [-0.25, -0.2) is 0 Å². The summed E-state index contributed by atoms with van der Waals surface area (Å²) in [4.78, 5) is 14.4. The van der Waals surface area contributed by atoms with Crippen LogP contribution in [0, 0.1) is 0 Å². The lowest BCUT2D eigenvalue weighted by Gasteiger charge is -2.22. The molecule has 19 heavy (non-hydrogen) atoms. The van der Waals surface area contributed by atoms with Crippen LogP contribution in [0.4, 0.5) is 5.69 Å². The van der Waals surface area contributed by atoms with Gasteiger partial charge in [-0.15, -0.1) is 0 Å². The standard InChI is InChI=1S/C16H15NO2/c1-11-9-12-5-2-3-8-15(12)17(11)16(19)13-6-4-7-14(18)10-13/h2-8,10-11,18H,9H2,1H3. The number of amides is 1. The first kappa shape index (κ1) is 11.8. The Balaban J connectivity index is 2.01. The van der Waals surface area contributed by atoms with E-state index in [0.717, 1.165) is 12.1 Å². The van der Waals surface area contributed by atoms with E-state index >= 15 is 0 Å². The maximum absolute atomic E-state index is 12.6. The summed E-state index contributed by atoms with van der Waals surface area (Å²) in [6, 6.07) is 14.6. The van der Waals surface area contributed by atoms with Gasteiger partial charge in [-0.2, -0.15) is 0 Å². The zero-order valence-corrected chi connectivity index (χ0v) is 10.7. The van der Waals surface area contributed by atoms with Gasteiger partial charge in [-0.1, -0.05) is 24.3 Å². The highest BCUT2D eigenvalue weighted by molar-refractivity contribution is 6.07. The Bertz CT molecular complexity index is 636. The Labute approximate surface area is 112 Å². The predicted octanol–water partition coefficient (Wildman–Crippen LogP) is 2.98. The molecule has 2 aromatic carbocycles. The van der Waals surface area contributed by atoms with Crippen LogP contribution in [0.2, 0.25) is 0 Å². The second-order valence-corrected chi connectivity index (χ2v) is 4.91. The average molecular weight is 253 g/mol. The second kappa shape index (κ2) is 4.43. The number of hydrogen-bond donors (Lipinski definition) is 1. The molecule has 1 unspecified atom stereocenters. The molecule has 0 spiro atoms. The topological polar surface area (TPSA) is 40.5 Å². The van der Waals surface area contributed by atoms with Gasteiger partial charge in [0.05, 0.1) is 0 Å². The number of benzene rings is 2. The van der Waals surface area contributed by atoms with Crippen molar-refractivity contribution in [3.05, 3.63) is 59.7 Å². The lowest BCUT2D eigenvalue weighted by Crippen LogP contribution is -2.35. The molecule has 2 aromatic rings. The van der Waals surface area contributed by atoms with Crippen LogP contribution in [0.15, 0.2) is 48.5 Å². The van der Waals surface area contributed by atoms with Gasteiger partial charge in [-0.05, 0) is 43.2 Å². The summed E-state index contributed by atoms with van der Waals surface area (Å²) in [6.45, 7) is 2.04. The molecule has 1 aliphatic rings. The van der Waals surface area contributed by atoms with Crippen molar-refractivity contribution in [2.75, 3.05) is 4.90 Å². The molecule has 3 heteroatoms. The minimum Gasteiger partial charge on any atom is -0.508 e. The largest absolute Gasteiger partial charge is 0.508 e.